The van der Waals surface area contributed by atoms with E-state index in [1.165, 1.54) is 0 Å². The van der Waals surface area contributed by atoms with Crippen molar-refractivity contribution in [3.63, 3.8) is 0 Å². The highest BCUT2D eigenvalue weighted by Gasteiger charge is 2.00. The number of nitrogens with zero attached hydrogens (tertiary/aromatic N) is 3. The molecule has 0 atom stereocenters. The summed E-state index contributed by atoms with van der Waals surface area (Å²) in [6, 6.07) is 1.86. The third kappa shape index (κ3) is 1.52. The normalized spacial score (nSPS) is 10.6. The van der Waals surface area contributed by atoms with Crippen LogP contribution in [0.4, 0.5) is 0 Å². The summed E-state index contributed by atoms with van der Waals surface area (Å²) in [6.07, 6.45) is 6.22. The quantitative estimate of drug-likeness (QED) is 0.784. The Morgan fingerprint density at radius 3 is 3.21 bits per heavy atom. The third-order valence-electron chi connectivity index (χ3n) is 2.10. The van der Waals surface area contributed by atoms with Gasteiger partial charge in [-0.2, -0.15) is 5.10 Å². The topological polar surface area (TPSA) is 56.2 Å². The lowest BCUT2D eigenvalue weighted by Gasteiger charge is -2.03. The molecule has 14 heavy (non-hydrogen) atoms. The zero-order valence-corrected chi connectivity index (χ0v) is 7.85. The van der Waals surface area contributed by atoms with Gasteiger partial charge in [-0.1, -0.05) is 6.58 Å². The zero-order chi connectivity index (χ0) is 9.97. The van der Waals surface area contributed by atoms with Gasteiger partial charge in [-0.15, -0.1) is 0 Å². The molecular weight excluding hydrogens is 176 g/mol. The van der Waals surface area contributed by atoms with E-state index in [1.807, 2.05) is 12.3 Å². The molecule has 0 spiro atoms. The summed E-state index contributed by atoms with van der Waals surface area (Å²) >= 11 is 0. The van der Waals surface area contributed by atoms with E-state index in [0.29, 0.717) is 6.54 Å². The van der Waals surface area contributed by atoms with Gasteiger partial charge in [0.2, 0.25) is 0 Å². The van der Waals surface area contributed by atoms with E-state index in [1.54, 1.807) is 16.9 Å². The van der Waals surface area contributed by atoms with Crippen LogP contribution in [0.1, 0.15) is 12.0 Å². The highest BCUT2D eigenvalue weighted by molar-refractivity contribution is 5.62. The molecule has 72 valence electrons. The fraction of sp³-hybridized carbons (Fsp3) is 0.200. The Hall–Kier alpha value is -1.68. The van der Waals surface area contributed by atoms with Gasteiger partial charge in [0.15, 0.2) is 5.65 Å². The van der Waals surface area contributed by atoms with E-state index in [0.717, 1.165) is 23.2 Å². The molecular formula is C10H12N4. The first-order valence-corrected chi connectivity index (χ1v) is 4.49. The molecule has 2 rings (SSSR count). The van der Waals surface area contributed by atoms with Crippen molar-refractivity contribution in [2.24, 2.45) is 5.73 Å². The molecule has 0 aromatic carbocycles. The maximum atomic E-state index is 5.46. The second-order valence-corrected chi connectivity index (χ2v) is 3.12. The molecule has 4 nitrogen and oxygen atoms in total. The molecule has 2 N–H and O–H groups in total. The van der Waals surface area contributed by atoms with Crippen molar-refractivity contribution in [1.29, 1.82) is 0 Å². The number of nitrogens with two attached hydrogens (primary N) is 1. The molecule has 0 bridgehead atoms. The number of fused-ring (bicyclic) bond motifs is 1. The number of rotatable bonds is 3. The van der Waals surface area contributed by atoms with Gasteiger partial charge in [0.1, 0.15) is 0 Å². The minimum absolute atomic E-state index is 0.607. The molecule has 2 aromatic heterocycles. The predicted octanol–water partition coefficient (Wildman–Crippen LogP) is 1.09. The number of hydrogen-bond donors (Lipinski definition) is 1. The molecule has 0 fully saturated rings. The molecule has 4 heteroatoms. The van der Waals surface area contributed by atoms with Crippen LogP contribution in [-0.2, 0) is 0 Å². The Balaban J connectivity index is 2.38. The summed E-state index contributed by atoms with van der Waals surface area (Å²) in [5, 5.41) is 4.10. The summed E-state index contributed by atoms with van der Waals surface area (Å²) in [4.78, 5) is 4.24. The number of hydrogen-bond acceptors (Lipinski definition) is 3. The van der Waals surface area contributed by atoms with Crippen LogP contribution in [0.5, 0.6) is 0 Å². The maximum absolute atomic E-state index is 5.46. The van der Waals surface area contributed by atoms with Crippen molar-refractivity contribution in [3.8, 4) is 0 Å². The van der Waals surface area contributed by atoms with Crippen LogP contribution in [0, 0.1) is 0 Å². The van der Waals surface area contributed by atoms with Crippen LogP contribution in [0.2, 0.25) is 0 Å². The Morgan fingerprint density at radius 1 is 1.57 bits per heavy atom. The van der Waals surface area contributed by atoms with Crippen molar-refractivity contribution in [3.05, 3.63) is 36.8 Å². The average molecular weight is 188 g/mol. The van der Waals surface area contributed by atoms with Crippen molar-refractivity contribution >= 4 is 11.2 Å². The minimum Gasteiger partial charge on any atom is -0.330 e. The summed E-state index contributed by atoms with van der Waals surface area (Å²) < 4.78 is 1.73. The Kier molecular flexibility index (Phi) is 2.28. The molecule has 0 aliphatic carbocycles. The van der Waals surface area contributed by atoms with Crippen molar-refractivity contribution in [2.75, 3.05) is 6.54 Å². The average Bonchev–Trinajstić information content (AvgIpc) is 2.64. The first-order chi connectivity index (χ1) is 6.81. The fourth-order valence-electron chi connectivity index (χ4n) is 1.31. The first kappa shape index (κ1) is 8.90. The lowest BCUT2D eigenvalue weighted by molar-refractivity contribution is 0.929. The van der Waals surface area contributed by atoms with Gasteiger partial charge in [-0.3, -0.25) is 0 Å². The van der Waals surface area contributed by atoms with E-state index in [-0.39, 0.29) is 0 Å². The van der Waals surface area contributed by atoms with Crippen LogP contribution in [0.15, 0.2) is 31.2 Å². The molecule has 2 aromatic rings. The van der Waals surface area contributed by atoms with Gasteiger partial charge >= 0.3 is 0 Å². The highest BCUT2D eigenvalue weighted by Crippen LogP contribution is 2.14. The predicted molar refractivity (Wildman–Crippen MR) is 55.7 cm³/mol. The smallest absolute Gasteiger partial charge is 0.154 e. The number of aromatic nitrogens is 3. The van der Waals surface area contributed by atoms with Gasteiger partial charge < -0.3 is 5.73 Å². The van der Waals surface area contributed by atoms with Gasteiger partial charge in [-0.25, -0.2) is 9.50 Å². The Bertz CT molecular complexity index is 458. The Labute approximate surface area is 82.1 Å². The highest BCUT2D eigenvalue weighted by atomic mass is 15.2. The zero-order valence-electron chi connectivity index (χ0n) is 7.85. The van der Waals surface area contributed by atoms with E-state index in [2.05, 4.69) is 16.7 Å². The fourth-order valence-corrected chi connectivity index (χ4v) is 1.31. The Morgan fingerprint density at radius 2 is 2.43 bits per heavy atom. The molecule has 0 aliphatic heterocycles. The monoisotopic (exact) mass is 188 g/mol. The largest absolute Gasteiger partial charge is 0.330 e. The van der Waals surface area contributed by atoms with Crippen molar-refractivity contribution < 1.29 is 0 Å². The van der Waals surface area contributed by atoms with Crippen LogP contribution in [0.3, 0.4) is 0 Å². The van der Waals surface area contributed by atoms with Crippen LogP contribution in [-0.4, -0.2) is 21.1 Å². The van der Waals surface area contributed by atoms with Crippen LogP contribution >= 0.6 is 0 Å². The minimum atomic E-state index is 0.607. The van der Waals surface area contributed by atoms with Gasteiger partial charge in [0, 0.05) is 24.0 Å². The lowest BCUT2D eigenvalue weighted by atomic mass is 10.1. The molecule has 2 heterocycles. The van der Waals surface area contributed by atoms with E-state index < -0.39 is 0 Å². The SMILES string of the molecule is C=C(CCN)c1cnc2ccnn2c1. The van der Waals surface area contributed by atoms with Crippen LogP contribution in [0.25, 0.3) is 11.2 Å². The van der Waals surface area contributed by atoms with Gasteiger partial charge in [0.05, 0.1) is 6.20 Å². The second-order valence-electron chi connectivity index (χ2n) is 3.12. The summed E-state index contributed by atoms with van der Waals surface area (Å²) in [6.45, 7) is 4.55. The molecule has 0 aliphatic rings. The molecule has 0 saturated carbocycles. The summed E-state index contributed by atoms with van der Waals surface area (Å²) in [5.74, 6) is 0. The van der Waals surface area contributed by atoms with E-state index >= 15 is 0 Å². The summed E-state index contributed by atoms with van der Waals surface area (Å²) in [5.41, 5.74) is 8.29. The van der Waals surface area contributed by atoms with Crippen molar-refractivity contribution in [2.45, 2.75) is 6.42 Å². The first-order valence-electron chi connectivity index (χ1n) is 4.49. The maximum Gasteiger partial charge on any atom is 0.154 e. The third-order valence-corrected chi connectivity index (χ3v) is 2.10. The van der Waals surface area contributed by atoms with Gasteiger partial charge in [-0.05, 0) is 18.5 Å². The van der Waals surface area contributed by atoms with E-state index in [9.17, 15) is 0 Å². The van der Waals surface area contributed by atoms with Crippen molar-refractivity contribution in [1.82, 2.24) is 14.6 Å². The van der Waals surface area contributed by atoms with Gasteiger partial charge in [0.25, 0.3) is 0 Å². The standard InChI is InChI=1S/C10H12N4/c1-8(2-4-11)9-6-12-10-3-5-13-14(10)7-9/h3,5-7H,1-2,4,11H2. The molecule has 0 radical (unpaired) electrons. The molecule has 0 unspecified atom stereocenters. The summed E-state index contributed by atoms with van der Waals surface area (Å²) in [7, 11) is 0. The van der Waals surface area contributed by atoms with Crippen LogP contribution < -0.4 is 5.73 Å². The molecule has 0 saturated heterocycles. The molecule has 0 amide bonds. The lowest BCUT2D eigenvalue weighted by Crippen LogP contribution is -2.00. The van der Waals surface area contributed by atoms with E-state index in [4.69, 9.17) is 5.73 Å². The second kappa shape index (κ2) is 3.59.